The van der Waals surface area contributed by atoms with Gasteiger partial charge in [-0.05, 0) is 86.6 Å². The van der Waals surface area contributed by atoms with E-state index in [1.165, 1.54) is 61.4 Å². The molecule has 7 nitrogen and oxygen atoms in total. The van der Waals surface area contributed by atoms with Crippen molar-refractivity contribution in [3.05, 3.63) is 83.9 Å². The molecule has 0 spiro atoms. The molecule has 0 atom stereocenters. The second-order valence-electron chi connectivity index (χ2n) is 8.16. The smallest absolute Gasteiger partial charge is 0.323 e. The second kappa shape index (κ2) is 11.4. The molecule has 0 aliphatic carbocycles. The van der Waals surface area contributed by atoms with Gasteiger partial charge >= 0.3 is 6.03 Å². The largest absolute Gasteiger partial charge is 0.455 e. The molecule has 3 aromatic carbocycles. The molecule has 0 aromatic heterocycles. The van der Waals surface area contributed by atoms with E-state index in [2.05, 4.69) is 20.9 Å². The van der Waals surface area contributed by atoms with E-state index in [0.717, 1.165) is 19.6 Å². The molecule has 1 fully saturated rings. The number of halogens is 2. The number of anilines is 2. The number of carbonyl (C=O) groups excluding carboxylic acids is 2. The molecule has 182 valence electrons. The van der Waals surface area contributed by atoms with E-state index in [4.69, 9.17) is 4.74 Å². The van der Waals surface area contributed by atoms with E-state index in [9.17, 15) is 18.4 Å². The fraction of sp³-hybridized carbons (Fsp3) is 0.231. The van der Waals surface area contributed by atoms with Gasteiger partial charge in [0.25, 0.3) is 5.91 Å². The normalized spacial score (nSPS) is 13.3. The van der Waals surface area contributed by atoms with Gasteiger partial charge in [0, 0.05) is 24.3 Å². The van der Waals surface area contributed by atoms with Crippen LogP contribution in [0.2, 0.25) is 0 Å². The summed E-state index contributed by atoms with van der Waals surface area (Å²) in [6.45, 7) is 3.37. The molecule has 0 bridgehead atoms. The minimum absolute atomic E-state index is 0.218. The molecule has 1 aliphatic heterocycles. The predicted octanol–water partition coefficient (Wildman–Crippen LogP) is 5.23. The van der Waals surface area contributed by atoms with E-state index in [1.807, 2.05) is 0 Å². The van der Waals surface area contributed by atoms with Crippen molar-refractivity contribution < 1.29 is 23.1 Å². The maximum absolute atomic E-state index is 13.5. The molecule has 3 amide bonds. The molecule has 1 heterocycles. The monoisotopic (exact) mass is 480 g/mol. The van der Waals surface area contributed by atoms with E-state index >= 15 is 0 Å². The lowest BCUT2D eigenvalue weighted by atomic mass is 10.1. The van der Waals surface area contributed by atoms with Gasteiger partial charge in [-0.15, -0.1) is 0 Å². The van der Waals surface area contributed by atoms with Crippen LogP contribution in [0.25, 0.3) is 0 Å². The minimum Gasteiger partial charge on any atom is -0.455 e. The van der Waals surface area contributed by atoms with Crippen molar-refractivity contribution in [3.8, 4) is 11.5 Å². The van der Waals surface area contributed by atoms with E-state index in [-0.39, 0.29) is 23.0 Å². The van der Waals surface area contributed by atoms with Crippen LogP contribution in [0.1, 0.15) is 23.2 Å². The fourth-order valence-electron chi connectivity index (χ4n) is 3.77. The van der Waals surface area contributed by atoms with Crippen molar-refractivity contribution in [1.29, 1.82) is 0 Å². The Labute approximate surface area is 202 Å². The first kappa shape index (κ1) is 24.2. The Morgan fingerprint density at radius 1 is 0.886 bits per heavy atom. The first-order chi connectivity index (χ1) is 17.0. The molecular formula is C26H26F2N4O3. The topological polar surface area (TPSA) is 82.7 Å². The molecule has 0 saturated carbocycles. The van der Waals surface area contributed by atoms with Crippen molar-refractivity contribution in [2.24, 2.45) is 0 Å². The molecular weight excluding hydrogens is 454 g/mol. The first-order valence-electron chi connectivity index (χ1n) is 11.4. The number of likely N-dealkylation sites (tertiary alicyclic amines) is 1. The number of ether oxygens (including phenoxy) is 1. The summed E-state index contributed by atoms with van der Waals surface area (Å²) >= 11 is 0. The average molecular weight is 481 g/mol. The maximum atomic E-state index is 13.5. The number of hydrogen-bond acceptors (Lipinski definition) is 4. The van der Waals surface area contributed by atoms with Crippen LogP contribution in [-0.4, -0.2) is 43.0 Å². The zero-order valence-electron chi connectivity index (χ0n) is 19.0. The molecule has 3 aromatic rings. The van der Waals surface area contributed by atoms with Gasteiger partial charge in [-0.25, -0.2) is 13.6 Å². The standard InChI is InChI=1S/C26H26F2N4O3/c27-19-7-9-22(10-8-19)35-24-11-6-18(25(33)29-12-15-32-13-1-2-14-32)16-23(24)31-26(34)30-21-5-3-4-20(28)17-21/h3-11,16-17H,1-2,12-15H2,(H,29,33)(H2,30,31,34). The van der Waals surface area contributed by atoms with E-state index in [1.54, 1.807) is 18.2 Å². The SMILES string of the molecule is O=C(Nc1cccc(F)c1)Nc1cc(C(=O)NCCN2CCCC2)ccc1Oc1ccc(F)cc1. The summed E-state index contributed by atoms with van der Waals surface area (Å²) in [4.78, 5) is 27.6. The van der Waals surface area contributed by atoms with Gasteiger partial charge in [0.1, 0.15) is 17.4 Å². The molecule has 35 heavy (non-hydrogen) atoms. The first-order valence-corrected chi connectivity index (χ1v) is 11.4. The number of nitrogens with zero attached hydrogens (tertiary/aromatic N) is 1. The third kappa shape index (κ3) is 7.00. The van der Waals surface area contributed by atoms with Crippen LogP contribution in [0.3, 0.4) is 0 Å². The van der Waals surface area contributed by atoms with Crippen molar-refractivity contribution in [1.82, 2.24) is 10.2 Å². The lowest BCUT2D eigenvalue weighted by Gasteiger charge is -2.16. The summed E-state index contributed by atoms with van der Waals surface area (Å²) in [5, 5.41) is 8.08. The van der Waals surface area contributed by atoms with Crippen LogP contribution < -0.4 is 20.7 Å². The Bertz CT molecular complexity index is 1180. The zero-order chi connectivity index (χ0) is 24.6. The maximum Gasteiger partial charge on any atom is 0.323 e. The Morgan fingerprint density at radius 2 is 1.66 bits per heavy atom. The summed E-state index contributed by atoms with van der Waals surface area (Å²) in [5.74, 6) is -0.588. The highest BCUT2D eigenvalue weighted by Crippen LogP contribution is 2.31. The Morgan fingerprint density at radius 3 is 2.40 bits per heavy atom. The van der Waals surface area contributed by atoms with Crippen LogP contribution >= 0.6 is 0 Å². The van der Waals surface area contributed by atoms with Crippen molar-refractivity contribution in [2.75, 3.05) is 36.8 Å². The summed E-state index contributed by atoms with van der Waals surface area (Å²) < 4.78 is 32.5. The number of benzene rings is 3. The highest BCUT2D eigenvalue weighted by Gasteiger charge is 2.15. The molecule has 3 N–H and O–H groups in total. The van der Waals surface area contributed by atoms with Crippen LogP contribution in [-0.2, 0) is 0 Å². The van der Waals surface area contributed by atoms with Gasteiger partial charge < -0.3 is 25.6 Å². The minimum atomic E-state index is -0.647. The Kier molecular flexibility index (Phi) is 7.89. The van der Waals surface area contributed by atoms with Crippen molar-refractivity contribution in [2.45, 2.75) is 12.8 Å². The van der Waals surface area contributed by atoms with Crippen LogP contribution in [0.4, 0.5) is 25.0 Å². The van der Waals surface area contributed by atoms with Gasteiger partial charge in [-0.3, -0.25) is 4.79 Å². The lowest BCUT2D eigenvalue weighted by Crippen LogP contribution is -2.33. The van der Waals surface area contributed by atoms with Gasteiger partial charge in [0.15, 0.2) is 5.75 Å². The lowest BCUT2D eigenvalue weighted by molar-refractivity contribution is 0.0949. The van der Waals surface area contributed by atoms with E-state index in [0.29, 0.717) is 17.9 Å². The number of nitrogens with one attached hydrogen (secondary N) is 3. The summed E-state index contributed by atoms with van der Waals surface area (Å²) in [6.07, 6.45) is 2.35. The molecule has 4 rings (SSSR count). The molecule has 0 radical (unpaired) electrons. The third-order valence-electron chi connectivity index (χ3n) is 5.53. The number of rotatable bonds is 8. The molecule has 0 unspecified atom stereocenters. The predicted molar refractivity (Wildman–Crippen MR) is 130 cm³/mol. The van der Waals surface area contributed by atoms with Crippen molar-refractivity contribution in [3.63, 3.8) is 0 Å². The quantitative estimate of drug-likeness (QED) is 0.413. The Hall–Kier alpha value is -3.98. The summed E-state index contributed by atoms with van der Waals surface area (Å²) in [5.41, 5.74) is 0.814. The summed E-state index contributed by atoms with van der Waals surface area (Å²) in [7, 11) is 0. The number of urea groups is 1. The highest BCUT2D eigenvalue weighted by molar-refractivity contribution is 6.02. The van der Waals surface area contributed by atoms with Crippen molar-refractivity contribution >= 4 is 23.3 Å². The molecule has 1 aliphatic rings. The number of carbonyl (C=O) groups is 2. The van der Waals surface area contributed by atoms with Gasteiger partial charge in [0.05, 0.1) is 5.69 Å². The van der Waals surface area contributed by atoms with E-state index < -0.39 is 17.7 Å². The second-order valence-corrected chi connectivity index (χ2v) is 8.16. The highest BCUT2D eigenvalue weighted by atomic mass is 19.1. The van der Waals surface area contributed by atoms with Gasteiger partial charge in [-0.1, -0.05) is 6.07 Å². The van der Waals surface area contributed by atoms with Gasteiger partial charge in [0.2, 0.25) is 0 Å². The summed E-state index contributed by atoms with van der Waals surface area (Å²) in [6, 6.07) is 14.8. The van der Waals surface area contributed by atoms with Crippen LogP contribution in [0.5, 0.6) is 11.5 Å². The Balaban J connectivity index is 1.49. The van der Waals surface area contributed by atoms with Crippen LogP contribution in [0, 0.1) is 11.6 Å². The van der Waals surface area contributed by atoms with Gasteiger partial charge in [-0.2, -0.15) is 0 Å². The molecule has 1 saturated heterocycles. The third-order valence-corrected chi connectivity index (χ3v) is 5.53. The fourth-order valence-corrected chi connectivity index (χ4v) is 3.77. The number of amides is 3. The average Bonchev–Trinajstić information content (AvgIpc) is 3.35. The van der Waals surface area contributed by atoms with Crippen LogP contribution in [0.15, 0.2) is 66.7 Å². The number of hydrogen-bond donors (Lipinski definition) is 3. The zero-order valence-corrected chi connectivity index (χ0v) is 19.0. The molecule has 9 heteroatoms.